The summed E-state index contributed by atoms with van der Waals surface area (Å²) in [4.78, 5) is 24.1. The predicted octanol–water partition coefficient (Wildman–Crippen LogP) is 4.69. The minimum atomic E-state index is -4.38. The van der Waals surface area contributed by atoms with Gasteiger partial charge in [0.05, 0.1) is 22.6 Å². The van der Waals surface area contributed by atoms with Crippen molar-refractivity contribution in [1.82, 2.24) is 9.88 Å². The molecule has 2 aliphatic rings. The van der Waals surface area contributed by atoms with Gasteiger partial charge in [0.25, 0.3) is 5.91 Å². The zero-order valence-electron chi connectivity index (χ0n) is 17.0. The van der Waals surface area contributed by atoms with Gasteiger partial charge in [-0.1, -0.05) is 24.3 Å². The van der Waals surface area contributed by atoms with Crippen molar-refractivity contribution >= 4 is 22.8 Å². The number of benzene rings is 2. The van der Waals surface area contributed by atoms with Crippen LogP contribution in [-0.2, 0) is 17.5 Å². The van der Waals surface area contributed by atoms with Crippen molar-refractivity contribution in [2.45, 2.75) is 38.0 Å². The van der Waals surface area contributed by atoms with Crippen LogP contribution in [0.4, 0.5) is 13.2 Å². The molecule has 1 aromatic heterocycles. The summed E-state index contributed by atoms with van der Waals surface area (Å²) in [6.45, 7) is 0.333. The Labute approximate surface area is 181 Å². The van der Waals surface area contributed by atoms with Gasteiger partial charge in [0.2, 0.25) is 0 Å². The van der Waals surface area contributed by atoms with E-state index in [1.807, 2.05) is 22.9 Å². The van der Waals surface area contributed by atoms with Crippen LogP contribution in [0.1, 0.15) is 40.7 Å². The monoisotopic (exact) mass is 442 g/mol. The Morgan fingerprint density at radius 3 is 2.44 bits per heavy atom. The number of hydrogen-bond acceptors (Lipinski definition) is 2. The van der Waals surface area contributed by atoms with E-state index in [0.717, 1.165) is 29.5 Å². The lowest BCUT2D eigenvalue weighted by molar-refractivity contribution is -0.147. The second-order valence-electron chi connectivity index (χ2n) is 8.92. The molecule has 0 bridgehead atoms. The molecule has 0 saturated heterocycles. The van der Waals surface area contributed by atoms with E-state index in [9.17, 15) is 22.8 Å². The Morgan fingerprint density at radius 2 is 1.78 bits per heavy atom. The van der Waals surface area contributed by atoms with Crippen LogP contribution in [-0.4, -0.2) is 27.6 Å². The van der Waals surface area contributed by atoms with E-state index in [0.29, 0.717) is 30.5 Å². The SMILES string of the molecule is O=C(NC1CC12CC(C(=O)O)C2)c1cccc2ccn(Cc3ccc(C(F)(F)F)cc3)c12. The Bertz CT molecular complexity index is 1210. The average Bonchev–Trinajstić information content (AvgIpc) is 3.29. The Balaban J connectivity index is 1.34. The minimum Gasteiger partial charge on any atom is -0.481 e. The Hall–Kier alpha value is -3.29. The molecule has 5 nitrogen and oxygen atoms in total. The maximum atomic E-state index is 13.0. The van der Waals surface area contributed by atoms with E-state index in [2.05, 4.69) is 5.32 Å². The highest BCUT2D eigenvalue weighted by molar-refractivity contribution is 6.06. The van der Waals surface area contributed by atoms with Crippen molar-refractivity contribution in [2.24, 2.45) is 11.3 Å². The maximum Gasteiger partial charge on any atom is 0.416 e. The van der Waals surface area contributed by atoms with Gasteiger partial charge in [-0.2, -0.15) is 13.2 Å². The summed E-state index contributed by atoms with van der Waals surface area (Å²) >= 11 is 0. The second kappa shape index (κ2) is 7.12. The molecule has 0 aliphatic heterocycles. The minimum absolute atomic E-state index is 0.0146. The third-order valence-corrected chi connectivity index (χ3v) is 6.82. The number of rotatable bonds is 5. The molecule has 2 aliphatic carbocycles. The highest BCUT2D eigenvalue weighted by Gasteiger charge is 2.63. The van der Waals surface area contributed by atoms with E-state index >= 15 is 0 Å². The molecule has 1 amide bonds. The molecule has 2 N–H and O–H groups in total. The van der Waals surface area contributed by atoms with Gasteiger partial charge < -0.3 is 15.0 Å². The molecule has 1 spiro atoms. The fraction of sp³-hybridized carbons (Fsp3) is 0.333. The second-order valence-corrected chi connectivity index (χ2v) is 8.92. The summed E-state index contributed by atoms with van der Waals surface area (Å²) in [6.07, 6.45) is -0.565. The van der Waals surface area contributed by atoms with Gasteiger partial charge >= 0.3 is 12.1 Å². The van der Waals surface area contributed by atoms with Crippen LogP contribution in [0.25, 0.3) is 10.9 Å². The van der Waals surface area contributed by atoms with E-state index < -0.39 is 17.7 Å². The topological polar surface area (TPSA) is 71.3 Å². The molecule has 0 radical (unpaired) electrons. The Morgan fingerprint density at radius 1 is 1.06 bits per heavy atom. The van der Waals surface area contributed by atoms with Crippen LogP contribution < -0.4 is 5.32 Å². The molecule has 1 heterocycles. The lowest BCUT2D eigenvalue weighted by Crippen LogP contribution is -2.39. The third-order valence-electron chi connectivity index (χ3n) is 6.82. The number of amides is 1. The number of carbonyl (C=O) groups is 2. The first-order valence-electron chi connectivity index (χ1n) is 10.4. The van der Waals surface area contributed by atoms with Gasteiger partial charge in [0.1, 0.15) is 0 Å². The van der Waals surface area contributed by atoms with Gasteiger partial charge in [0, 0.05) is 24.2 Å². The van der Waals surface area contributed by atoms with Crippen LogP contribution >= 0.6 is 0 Å². The standard InChI is InChI=1S/C24H21F3N2O3/c25-24(26,27)17-6-4-14(5-7-17)13-29-9-8-15-2-1-3-18(20(15)29)21(30)28-19-12-23(19)10-16(11-23)22(31)32/h1-9,16,19H,10-13H2,(H,28,30)(H,31,32). The molecule has 32 heavy (non-hydrogen) atoms. The van der Waals surface area contributed by atoms with Crippen molar-refractivity contribution in [3.8, 4) is 0 Å². The normalized spacial score (nSPS) is 24.3. The van der Waals surface area contributed by atoms with Crippen LogP contribution in [0.15, 0.2) is 54.7 Å². The number of aromatic nitrogens is 1. The van der Waals surface area contributed by atoms with E-state index in [4.69, 9.17) is 5.11 Å². The average molecular weight is 442 g/mol. The number of aliphatic carboxylic acids is 1. The van der Waals surface area contributed by atoms with Crippen LogP contribution in [0, 0.1) is 11.3 Å². The van der Waals surface area contributed by atoms with E-state index in [-0.39, 0.29) is 23.3 Å². The summed E-state index contributed by atoms with van der Waals surface area (Å²) in [6, 6.07) is 12.3. The summed E-state index contributed by atoms with van der Waals surface area (Å²) in [5, 5.41) is 13.0. The van der Waals surface area contributed by atoms with Crippen molar-refractivity contribution in [3.05, 3.63) is 71.4 Å². The highest BCUT2D eigenvalue weighted by Crippen LogP contribution is 2.63. The number of carboxylic acids is 1. The molecule has 1 unspecified atom stereocenters. The van der Waals surface area contributed by atoms with Crippen LogP contribution in [0.5, 0.6) is 0 Å². The summed E-state index contributed by atoms with van der Waals surface area (Å²) in [5.74, 6) is -1.32. The van der Waals surface area contributed by atoms with Crippen LogP contribution in [0.3, 0.4) is 0 Å². The number of fused-ring (bicyclic) bond motifs is 1. The smallest absolute Gasteiger partial charge is 0.416 e. The number of alkyl halides is 3. The first-order valence-corrected chi connectivity index (χ1v) is 10.4. The summed E-state index contributed by atoms with van der Waals surface area (Å²) < 4.78 is 40.3. The van der Waals surface area contributed by atoms with E-state index in [1.165, 1.54) is 12.1 Å². The maximum absolute atomic E-state index is 13.0. The number of nitrogens with one attached hydrogen (secondary N) is 1. The third kappa shape index (κ3) is 3.53. The van der Waals surface area contributed by atoms with Crippen molar-refractivity contribution in [2.75, 3.05) is 0 Å². The van der Waals surface area contributed by atoms with Gasteiger partial charge in [-0.3, -0.25) is 9.59 Å². The first kappa shape index (κ1) is 20.6. The van der Waals surface area contributed by atoms with Crippen molar-refractivity contribution in [3.63, 3.8) is 0 Å². The summed E-state index contributed by atoms with van der Waals surface area (Å²) in [7, 11) is 0. The van der Waals surface area contributed by atoms with Gasteiger partial charge in [-0.25, -0.2) is 0 Å². The number of carbonyl (C=O) groups excluding carboxylic acids is 1. The van der Waals surface area contributed by atoms with Crippen molar-refractivity contribution < 1.29 is 27.9 Å². The van der Waals surface area contributed by atoms with E-state index in [1.54, 1.807) is 12.1 Å². The quantitative estimate of drug-likeness (QED) is 0.602. The number of nitrogens with zero attached hydrogens (tertiary/aromatic N) is 1. The molecular weight excluding hydrogens is 421 g/mol. The number of halogens is 3. The first-order chi connectivity index (χ1) is 15.2. The lowest BCUT2D eigenvalue weighted by Gasteiger charge is -2.33. The van der Waals surface area contributed by atoms with Gasteiger partial charge in [-0.15, -0.1) is 0 Å². The van der Waals surface area contributed by atoms with Crippen LogP contribution in [0.2, 0.25) is 0 Å². The number of carboxylic acid groups (broad SMARTS) is 1. The largest absolute Gasteiger partial charge is 0.481 e. The zero-order chi connectivity index (χ0) is 22.7. The highest BCUT2D eigenvalue weighted by atomic mass is 19.4. The molecule has 2 saturated carbocycles. The molecule has 8 heteroatoms. The molecule has 166 valence electrons. The molecule has 3 aromatic rings. The predicted molar refractivity (Wildman–Crippen MR) is 111 cm³/mol. The fourth-order valence-corrected chi connectivity index (χ4v) is 4.91. The number of hydrogen-bond donors (Lipinski definition) is 2. The fourth-order valence-electron chi connectivity index (χ4n) is 4.91. The van der Waals surface area contributed by atoms with Crippen molar-refractivity contribution in [1.29, 1.82) is 0 Å². The van der Waals surface area contributed by atoms with Gasteiger partial charge in [-0.05, 0) is 54.5 Å². The molecule has 1 atom stereocenters. The molecule has 2 fully saturated rings. The van der Waals surface area contributed by atoms with Gasteiger partial charge in [0.15, 0.2) is 0 Å². The zero-order valence-corrected chi connectivity index (χ0v) is 17.0. The molecular formula is C24H21F3N2O3. The lowest BCUT2D eigenvalue weighted by atomic mass is 9.71. The molecule has 5 rings (SSSR count). The molecule has 2 aromatic carbocycles. The summed E-state index contributed by atoms with van der Waals surface area (Å²) in [5.41, 5.74) is 1.14. The Kier molecular flexibility index (Phi) is 4.58. The number of para-hydroxylation sites is 1.